The zero-order valence-corrected chi connectivity index (χ0v) is 22.1. The fraction of sp³-hybridized carbons (Fsp3) is 0.321. The molecule has 2 aromatic heterocycles. The second-order valence-corrected chi connectivity index (χ2v) is 13.1. The predicted octanol–water partition coefficient (Wildman–Crippen LogP) is 6.38. The molecule has 0 atom stereocenters. The van der Waals surface area contributed by atoms with Crippen LogP contribution in [0.2, 0.25) is 0 Å². The number of fused-ring (bicyclic) bond motifs is 1. The summed E-state index contributed by atoms with van der Waals surface area (Å²) in [5.74, 6) is 0.580. The SMILES string of the molecule is Cc1cccc(C)c1C=Cn1cnc2c(Nc3ccc(P(C)(C)=O)cc3)nc(OC3CCCC3)nc21. The summed E-state index contributed by atoms with van der Waals surface area (Å²) in [6, 6.07) is 14.2. The Bertz CT molecular complexity index is 1440. The van der Waals surface area contributed by atoms with Crippen LogP contribution in [0.1, 0.15) is 42.4 Å². The van der Waals surface area contributed by atoms with Gasteiger partial charge in [-0.1, -0.05) is 18.2 Å². The Hall–Kier alpha value is -3.44. The Morgan fingerprint density at radius 2 is 1.72 bits per heavy atom. The van der Waals surface area contributed by atoms with E-state index in [0.29, 0.717) is 23.0 Å². The van der Waals surface area contributed by atoms with E-state index in [1.54, 1.807) is 19.7 Å². The van der Waals surface area contributed by atoms with Gasteiger partial charge in [-0.2, -0.15) is 9.97 Å². The number of aromatic nitrogens is 4. The normalized spacial score (nSPS) is 14.7. The standard InChI is InChI=1S/C28H32N5O2P/c1-19-8-7-9-20(2)24(19)16-17-33-18-29-25-26(30-21-12-14-23(15-13-21)36(3,4)34)31-28(32-27(25)33)35-22-10-5-6-11-22/h7-9,12-18,22H,5-6,10-11H2,1-4H3,(H,30,31,32). The molecule has 1 aliphatic rings. The minimum Gasteiger partial charge on any atom is -0.460 e. The summed E-state index contributed by atoms with van der Waals surface area (Å²) in [5, 5.41) is 4.22. The number of anilines is 2. The molecule has 0 spiro atoms. The van der Waals surface area contributed by atoms with Gasteiger partial charge in [0.15, 0.2) is 17.0 Å². The molecule has 5 rings (SSSR count). The number of imidazole rings is 1. The van der Waals surface area contributed by atoms with Crippen LogP contribution in [0, 0.1) is 13.8 Å². The monoisotopic (exact) mass is 501 g/mol. The number of hydrogen-bond acceptors (Lipinski definition) is 6. The lowest BCUT2D eigenvalue weighted by molar-refractivity contribution is 0.193. The van der Waals surface area contributed by atoms with Crippen LogP contribution in [0.25, 0.3) is 23.4 Å². The highest BCUT2D eigenvalue weighted by atomic mass is 31.2. The Morgan fingerprint density at radius 1 is 1.03 bits per heavy atom. The molecule has 0 radical (unpaired) electrons. The highest BCUT2D eigenvalue weighted by Gasteiger charge is 2.20. The van der Waals surface area contributed by atoms with Crippen LogP contribution in [0.3, 0.4) is 0 Å². The van der Waals surface area contributed by atoms with Crippen LogP contribution in [-0.2, 0) is 4.57 Å². The van der Waals surface area contributed by atoms with E-state index in [1.807, 2.05) is 35.0 Å². The second-order valence-electron chi connectivity index (χ2n) is 9.85. The van der Waals surface area contributed by atoms with Crippen LogP contribution >= 0.6 is 7.14 Å². The molecule has 1 saturated carbocycles. The molecule has 8 heteroatoms. The van der Waals surface area contributed by atoms with Gasteiger partial charge < -0.3 is 14.6 Å². The van der Waals surface area contributed by atoms with E-state index in [2.05, 4.69) is 48.4 Å². The topological polar surface area (TPSA) is 81.9 Å². The molecule has 0 aliphatic heterocycles. The first-order valence-electron chi connectivity index (χ1n) is 12.4. The van der Waals surface area contributed by atoms with E-state index in [-0.39, 0.29) is 6.10 Å². The lowest BCUT2D eigenvalue weighted by atomic mass is 10.0. The maximum atomic E-state index is 12.4. The van der Waals surface area contributed by atoms with Crippen molar-refractivity contribution in [2.75, 3.05) is 18.6 Å². The number of ether oxygens (including phenoxy) is 1. The van der Waals surface area contributed by atoms with E-state index in [0.717, 1.165) is 23.8 Å². The predicted molar refractivity (Wildman–Crippen MR) is 148 cm³/mol. The molecule has 0 unspecified atom stereocenters. The Balaban J connectivity index is 1.53. The number of benzene rings is 2. The van der Waals surface area contributed by atoms with Gasteiger partial charge in [-0.25, -0.2) is 4.98 Å². The quantitative estimate of drug-likeness (QED) is 0.296. The van der Waals surface area contributed by atoms with Crippen LogP contribution < -0.4 is 15.4 Å². The number of hydrogen-bond donors (Lipinski definition) is 1. The molecule has 2 heterocycles. The first-order chi connectivity index (χ1) is 17.3. The number of nitrogens with zero attached hydrogens (tertiary/aromatic N) is 4. The van der Waals surface area contributed by atoms with Gasteiger partial charge in [-0.3, -0.25) is 4.57 Å². The van der Waals surface area contributed by atoms with Crippen molar-refractivity contribution >= 4 is 47.4 Å². The highest BCUT2D eigenvalue weighted by molar-refractivity contribution is 7.70. The van der Waals surface area contributed by atoms with Gasteiger partial charge in [0.2, 0.25) is 0 Å². The van der Waals surface area contributed by atoms with Crippen molar-refractivity contribution in [3.05, 3.63) is 65.5 Å². The minimum atomic E-state index is -2.32. The van der Waals surface area contributed by atoms with Crippen LogP contribution in [0.5, 0.6) is 6.01 Å². The van der Waals surface area contributed by atoms with E-state index < -0.39 is 7.14 Å². The molecule has 0 amide bonds. The van der Waals surface area contributed by atoms with Gasteiger partial charge in [0.25, 0.3) is 0 Å². The fourth-order valence-corrected chi connectivity index (χ4v) is 5.45. The van der Waals surface area contributed by atoms with Crippen molar-refractivity contribution in [1.82, 2.24) is 19.5 Å². The molecule has 186 valence electrons. The molecule has 0 bridgehead atoms. The van der Waals surface area contributed by atoms with Crippen molar-refractivity contribution in [2.24, 2.45) is 0 Å². The van der Waals surface area contributed by atoms with E-state index in [4.69, 9.17) is 14.7 Å². The van der Waals surface area contributed by atoms with Crippen LogP contribution in [0.4, 0.5) is 11.5 Å². The summed E-state index contributed by atoms with van der Waals surface area (Å²) in [7, 11) is -2.32. The molecule has 4 aromatic rings. The zero-order chi connectivity index (χ0) is 25.3. The van der Waals surface area contributed by atoms with Crippen LogP contribution in [-0.4, -0.2) is 39.0 Å². The second kappa shape index (κ2) is 9.90. The summed E-state index contributed by atoms with van der Waals surface area (Å²) >= 11 is 0. The van der Waals surface area contributed by atoms with Crippen molar-refractivity contribution in [2.45, 2.75) is 45.6 Å². The smallest absolute Gasteiger partial charge is 0.320 e. The summed E-state index contributed by atoms with van der Waals surface area (Å²) < 4.78 is 20.5. The highest BCUT2D eigenvalue weighted by Crippen LogP contribution is 2.35. The van der Waals surface area contributed by atoms with Crippen molar-refractivity contribution < 1.29 is 9.30 Å². The third kappa shape index (κ3) is 5.21. The minimum absolute atomic E-state index is 0.138. The molecule has 0 saturated heterocycles. The number of rotatable bonds is 7. The van der Waals surface area contributed by atoms with Crippen molar-refractivity contribution in [3.8, 4) is 6.01 Å². The average Bonchev–Trinajstić information content (AvgIpc) is 3.49. The molecule has 1 fully saturated rings. The first-order valence-corrected chi connectivity index (χ1v) is 15.0. The summed E-state index contributed by atoms with van der Waals surface area (Å²) in [6.07, 6.45) is 10.3. The lowest BCUT2D eigenvalue weighted by Gasteiger charge is -2.14. The summed E-state index contributed by atoms with van der Waals surface area (Å²) in [5.41, 5.74) is 5.76. The molecular weight excluding hydrogens is 469 g/mol. The number of aryl methyl sites for hydroxylation is 2. The largest absolute Gasteiger partial charge is 0.460 e. The molecule has 1 N–H and O–H groups in total. The average molecular weight is 502 g/mol. The Kier molecular flexibility index (Phi) is 6.67. The van der Waals surface area contributed by atoms with E-state index in [9.17, 15) is 4.57 Å². The van der Waals surface area contributed by atoms with Crippen molar-refractivity contribution in [1.29, 1.82) is 0 Å². The Morgan fingerprint density at radius 3 is 2.39 bits per heavy atom. The maximum Gasteiger partial charge on any atom is 0.320 e. The third-order valence-electron chi connectivity index (χ3n) is 6.67. The molecule has 2 aromatic carbocycles. The van der Waals surface area contributed by atoms with Gasteiger partial charge in [0.1, 0.15) is 19.6 Å². The fourth-order valence-electron chi connectivity index (χ4n) is 4.59. The van der Waals surface area contributed by atoms with E-state index in [1.165, 1.54) is 29.5 Å². The van der Waals surface area contributed by atoms with E-state index >= 15 is 0 Å². The first kappa shape index (κ1) is 24.3. The van der Waals surface area contributed by atoms with Gasteiger partial charge in [-0.15, -0.1) is 0 Å². The number of nitrogens with one attached hydrogen (secondary N) is 1. The summed E-state index contributed by atoms with van der Waals surface area (Å²) in [4.78, 5) is 14.1. The molecule has 7 nitrogen and oxygen atoms in total. The molecule has 1 aliphatic carbocycles. The van der Waals surface area contributed by atoms with Crippen LogP contribution in [0.15, 0.2) is 48.8 Å². The molecule has 36 heavy (non-hydrogen) atoms. The van der Waals surface area contributed by atoms with Gasteiger partial charge >= 0.3 is 6.01 Å². The maximum absolute atomic E-state index is 12.4. The van der Waals surface area contributed by atoms with Gasteiger partial charge in [0.05, 0.1) is 0 Å². The van der Waals surface area contributed by atoms with Gasteiger partial charge in [-0.05, 0) is 99.9 Å². The zero-order valence-electron chi connectivity index (χ0n) is 21.2. The van der Waals surface area contributed by atoms with Gasteiger partial charge in [0, 0.05) is 17.2 Å². The molecular formula is C28H32N5O2P. The Labute approximate surface area is 212 Å². The van der Waals surface area contributed by atoms with Crippen molar-refractivity contribution in [3.63, 3.8) is 0 Å². The summed E-state index contributed by atoms with van der Waals surface area (Å²) in [6.45, 7) is 7.76. The third-order valence-corrected chi connectivity index (χ3v) is 8.21. The lowest BCUT2D eigenvalue weighted by Crippen LogP contribution is -2.14.